The van der Waals surface area contributed by atoms with Crippen molar-refractivity contribution in [2.45, 2.75) is 76.6 Å². The molecular weight excluding hydrogens is 312 g/mol. The number of allylic oxidation sites excluding steroid dienone is 1. The molecular formula is C22H32O3. The molecule has 3 saturated carbocycles. The number of hydrogen-bond donors (Lipinski definition) is 0. The number of fused-ring (bicyclic) bond motifs is 6. The Morgan fingerprint density at radius 3 is 2.44 bits per heavy atom. The van der Waals surface area contributed by atoms with E-state index in [1.165, 1.54) is 38.5 Å². The molecule has 6 atom stereocenters. The quantitative estimate of drug-likeness (QED) is 0.480. The molecule has 0 aromatic rings. The van der Waals surface area contributed by atoms with Crippen molar-refractivity contribution in [3.8, 4) is 0 Å². The summed E-state index contributed by atoms with van der Waals surface area (Å²) in [4.78, 5) is 0. The average molecular weight is 344 g/mol. The summed E-state index contributed by atoms with van der Waals surface area (Å²) in [5.41, 5.74) is 2.75. The third-order valence-corrected chi connectivity index (χ3v) is 9.71. The monoisotopic (exact) mass is 344 g/mol. The molecule has 0 bridgehead atoms. The Bertz CT molecular complexity index is 629. The first-order valence-corrected chi connectivity index (χ1v) is 10.6. The molecule has 0 amide bonds. The summed E-state index contributed by atoms with van der Waals surface area (Å²) in [7, 11) is 0. The molecule has 0 aromatic heterocycles. The van der Waals surface area contributed by atoms with Gasteiger partial charge in [-0.15, -0.1) is 0 Å². The van der Waals surface area contributed by atoms with Gasteiger partial charge in [0.25, 0.3) is 0 Å². The van der Waals surface area contributed by atoms with E-state index in [1.807, 2.05) is 0 Å². The lowest BCUT2D eigenvalue weighted by atomic mass is 9.47. The second kappa shape index (κ2) is 4.72. The largest absolute Gasteiger partial charge is 0.369 e. The molecule has 138 valence electrons. The molecule has 0 unspecified atom stereocenters. The summed E-state index contributed by atoms with van der Waals surface area (Å²) in [6, 6.07) is 0. The molecule has 4 aliphatic carbocycles. The maximum Gasteiger partial charge on any atom is 0.172 e. The molecule has 3 heteroatoms. The first-order valence-electron chi connectivity index (χ1n) is 10.6. The smallest absolute Gasteiger partial charge is 0.172 e. The van der Waals surface area contributed by atoms with E-state index in [0.29, 0.717) is 10.8 Å². The van der Waals surface area contributed by atoms with Gasteiger partial charge in [0.15, 0.2) is 5.79 Å². The van der Waals surface area contributed by atoms with E-state index in [-0.39, 0.29) is 11.4 Å². The van der Waals surface area contributed by atoms with Crippen molar-refractivity contribution >= 4 is 0 Å². The molecule has 6 aliphatic rings. The highest BCUT2D eigenvalue weighted by Gasteiger charge is 2.69. The highest BCUT2D eigenvalue weighted by Crippen LogP contribution is 2.71. The Labute approximate surface area is 151 Å². The number of hydrogen-bond acceptors (Lipinski definition) is 3. The molecule has 5 fully saturated rings. The fourth-order valence-corrected chi connectivity index (χ4v) is 8.00. The van der Waals surface area contributed by atoms with Crippen LogP contribution in [0.2, 0.25) is 0 Å². The van der Waals surface area contributed by atoms with E-state index < -0.39 is 0 Å². The third-order valence-electron chi connectivity index (χ3n) is 9.71. The Kier molecular flexibility index (Phi) is 2.95. The molecule has 0 N–H and O–H groups in total. The van der Waals surface area contributed by atoms with Crippen molar-refractivity contribution in [2.24, 2.45) is 28.6 Å². The first kappa shape index (κ1) is 15.7. The Hall–Kier alpha value is -0.380. The summed E-state index contributed by atoms with van der Waals surface area (Å²) < 4.78 is 18.2. The number of epoxide rings is 1. The van der Waals surface area contributed by atoms with Crippen LogP contribution in [-0.4, -0.2) is 31.2 Å². The van der Waals surface area contributed by atoms with Gasteiger partial charge in [0, 0.05) is 18.3 Å². The molecule has 2 saturated heterocycles. The van der Waals surface area contributed by atoms with Gasteiger partial charge in [-0.05, 0) is 61.7 Å². The van der Waals surface area contributed by atoms with Crippen molar-refractivity contribution in [3.63, 3.8) is 0 Å². The summed E-state index contributed by atoms with van der Waals surface area (Å²) in [6.07, 6.45) is 12.7. The third kappa shape index (κ3) is 1.83. The molecule has 2 spiro atoms. The van der Waals surface area contributed by atoms with Crippen LogP contribution in [0.1, 0.15) is 65.2 Å². The molecule has 2 aliphatic heterocycles. The summed E-state index contributed by atoms with van der Waals surface area (Å²) in [5, 5.41) is 0. The summed E-state index contributed by atoms with van der Waals surface area (Å²) >= 11 is 0. The molecule has 3 nitrogen and oxygen atoms in total. The average Bonchev–Trinajstić information content (AvgIpc) is 3.18. The van der Waals surface area contributed by atoms with E-state index >= 15 is 0 Å². The number of ether oxygens (including phenoxy) is 3. The molecule has 2 heterocycles. The van der Waals surface area contributed by atoms with E-state index in [1.54, 1.807) is 5.57 Å². The van der Waals surface area contributed by atoms with Gasteiger partial charge in [-0.3, -0.25) is 0 Å². The normalized spacial score (nSPS) is 55.6. The lowest BCUT2D eigenvalue weighted by Crippen LogP contribution is -2.53. The fraction of sp³-hybridized carbons (Fsp3) is 0.909. The van der Waals surface area contributed by atoms with Gasteiger partial charge in [-0.2, -0.15) is 0 Å². The topological polar surface area (TPSA) is 31.0 Å². The van der Waals surface area contributed by atoms with Crippen LogP contribution in [-0.2, 0) is 14.2 Å². The van der Waals surface area contributed by atoms with E-state index in [9.17, 15) is 0 Å². The molecule has 0 radical (unpaired) electrons. The van der Waals surface area contributed by atoms with Crippen LogP contribution in [0.25, 0.3) is 0 Å². The zero-order chi connectivity index (χ0) is 16.9. The predicted molar refractivity (Wildman–Crippen MR) is 95.0 cm³/mol. The lowest BCUT2D eigenvalue weighted by molar-refractivity contribution is -0.185. The van der Waals surface area contributed by atoms with Gasteiger partial charge < -0.3 is 14.2 Å². The van der Waals surface area contributed by atoms with Crippen LogP contribution in [0.4, 0.5) is 0 Å². The maximum atomic E-state index is 6.06. The van der Waals surface area contributed by atoms with Crippen LogP contribution >= 0.6 is 0 Å². The van der Waals surface area contributed by atoms with E-state index in [0.717, 1.165) is 50.4 Å². The Balaban J connectivity index is 1.33. The highest BCUT2D eigenvalue weighted by atomic mass is 16.7. The molecule has 6 rings (SSSR count). The van der Waals surface area contributed by atoms with Crippen molar-refractivity contribution in [3.05, 3.63) is 11.6 Å². The van der Waals surface area contributed by atoms with Crippen molar-refractivity contribution in [1.82, 2.24) is 0 Å². The van der Waals surface area contributed by atoms with Gasteiger partial charge in [-0.1, -0.05) is 25.5 Å². The maximum absolute atomic E-state index is 6.06. The summed E-state index contributed by atoms with van der Waals surface area (Å²) in [6.45, 7) is 7.72. The summed E-state index contributed by atoms with van der Waals surface area (Å²) in [5.74, 6) is 2.33. The van der Waals surface area contributed by atoms with Crippen molar-refractivity contribution in [1.29, 1.82) is 0 Å². The van der Waals surface area contributed by atoms with Gasteiger partial charge in [0.1, 0.15) is 0 Å². The van der Waals surface area contributed by atoms with Crippen LogP contribution < -0.4 is 0 Å². The van der Waals surface area contributed by atoms with Gasteiger partial charge in [-0.25, -0.2) is 0 Å². The molecule has 0 aromatic carbocycles. The Morgan fingerprint density at radius 1 is 0.920 bits per heavy atom. The van der Waals surface area contributed by atoms with Gasteiger partial charge in [0.05, 0.1) is 25.4 Å². The zero-order valence-electron chi connectivity index (χ0n) is 15.8. The zero-order valence-corrected chi connectivity index (χ0v) is 15.8. The van der Waals surface area contributed by atoms with Crippen LogP contribution in [0.15, 0.2) is 11.6 Å². The van der Waals surface area contributed by atoms with Gasteiger partial charge in [0.2, 0.25) is 0 Å². The minimum absolute atomic E-state index is 0.273. The first-order chi connectivity index (χ1) is 12.0. The highest BCUT2D eigenvalue weighted by molar-refractivity contribution is 5.28. The van der Waals surface area contributed by atoms with Crippen molar-refractivity contribution in [2.75, 3.05) is 19.8 Å². The van der Waals surface area contributed by atoms with E-state index in [2.05, 4.69) is 19.9 Å². The second-order valence-electron chi connectivity index (χ2n) is 10.3. The Morgan fingerprint density at radius 2 is 1.68 bits per heavy atom. The van der Waals surface area contributed by atoms with Gasteiger partial charge >= 0.3 is 0 Å². The van der Waals surface area contributed by atoms with E-state index in [4.69, 9.17) is 14.2 Å². The second-order valence-corrected chi connectivity index (χ2v) is 10.3. The number of rotatable bonds is 0. The SMILES string of the molecule is C[C@]12CCC3(CC1=CC[C@@H]1[C@@H]2CC[C@@]2(C)[C@H]1CC[C@@]21CO1)OCCO3. The standard InChI is InChI=1S/C22H32O3/c1-19-9-10-22(23-11-12-24-22)13-15(19)3-4-16-17(19)5-7-20(2)18(16)6-8-21(20)14-25-21/h3,16-18H,4-14H2,1-2H3/t16-,17+,18+,19+,20+,21-/m1/s1. The predicted octanol–water partition coefficient (Wildman–Crippen LogP) is 4.46. The molecule has 25 heavy (non-hydrogen) atoms. The van der Waals surface area contributed by atoms with Crippen LogP contribution in [0.5, 0.6) is 0 Å². The minimum Gasteiger partial charge on any atom is -0.369 e. The lowest BCUT2D eigenvalue weighted by Gasteiger charge is -2.58. The minimum atomic E-state index is -0.277. The fourth-order valence-electron chi connectivity index (χ4n) is 8.00. The van der Waals surface area contributed by atoms with Crippen LogP contribution in [0.3, 0.4) is 0 Å². The van der Waals surface area contributed by atoms with Crippen LogP contribution in [0, 0.1) is 28.6 Å². The van der Waals surface area contributed by atoms with Crippen molar-refractivity contribution < 1.29 is 14.2 Å².